The predicted octanol–water partition coefficient (Wildman–Crippen LogP) is 3.44. The van der Waals surface area contributed by atoms with E-state index in [0.717, 1.165) is 4.88 Å². The highest BCUT2D eigenvalue weighted by Gasteiger charge is 2.14. The zero-order valence-corrected chi connectivity index (χ0v) is 13.0. The maximum Gasteiger partial charge on any atom is 0.311 e. The number of halogens is 1. The van der Waals surface area contributed by atoms with Gasteiger partial charge < -0.3 is 13.6 Å². The molecule has 0 saturated carbocycles. The first-order valence-electron chi connectivity index (χ1n) is 5.97. The minimum absolute atomic E-state index is 0.0565. The number of thiophene rings is 1. The quantitative estimate of drug-likeness (QED) is 0.641. The fourth-order valence-electron chi connectivity index (χ4n) is 1.59. The first-order chi connectivity index (χ1) is 10.2. The summed E-state index contributed by atoms with van der Waals surface area (Å²) in [4.78, 5) is 12.6. The van der Waals surface area contributed by atoms with Gasteiger partial charge in [0, 0.05) is 4.88 Å². The van der Waals surface area contributed by atoms with Crippen LogP contribution in [0, 0.1) is 0 Å². The van der Waals surface area contributed by atoms with E-state index in [9.17, 15) is 4.79 Å². The zero-order chi connectivity index (χ0) is 14.7. The second-order valence-corrected chi connectivity index (χ2v) is 5.84. The SMILES string of the molecule is O=C(Cc1cccs1)OCc1nnc(-c2ccc(Br)o2)o1. The Morgan fingerprint density at radius 3 is 2.90 bits per heavy atom. The summed E-state index contributed by atoms with van der Waals surface area (Å²) in [5, 5.41) is 9.55. The number of nitrogens with zero attached hydrogens (tertiary/aromatic N) is 2. The van der Waals surface area contributed by atoms with Gasteiger partial charge in [-0.1, -0.05) is 6.07 Å². The lowest BCUT2D eigenvalue weighted by Crippen LogP contribution is -2.07. The van der Waals surface area contributed by atoms with E-state index in [4.69, 9.17) is 13.6 Å². The third kappa shape index (κ3) is 3.59. The maximum absolute atomic E-state index is 11.6. The van der Waals surface area contributed by atoms with Crippen molar-refractivity contribution in [1.82, 2.24) is 10.2 Å². The molecule has 3 aromatic heterocycles. The third-order valence-corrected chi connectivity index (χ3v) is 3.81. The van der Waals surface area contributed by atoms with Gasteiger partial charge in [-0.05, 0) is 39.5 Å². The van der Waals surface area contributed by atoms with E-state index < -0.39 is 0 Å². The molecular formula is C13H9BrN2O4S. The number of hydrogen-bond acceptors (Lipinski definition) is 7. The van der Waals surface area contributed by atoms with E-state index in [1.165, 1.54) is 11.3 Å². The Hall–Kier alpha value is -1.93. The zero-order valence-electron chi connectivity index (χ0n) is 10.6. The number of hydrogen-bond donors (Lipinski definition) is 0. The monoisotopic (exact) mass is 368 g/mol. The van der Waals surface area contributed by atoms with Crippen LogP contribution in [0.2, 0.25) is 0 Å². The summed E-state index contributed by atoms with van der Waals surface area (Å²) in [6.45, 7) is -0.0565. The average Bonchev–Trinajstić information content (AvgIpc) is 3.17. The second kappa shape index (κ2) is 6.23. The van der Waals surface area contributed by atoms with Crippen LogP contribution in [-0.4, -0.2) is 16.2 Å². The summed E-state index contributed by atoms with van der Waals surface area (Å²) >= 11 is 4.70. The van der Waals surface area contributed by atoms with E-state index in [1.807, 2.05) is 17.5 Å². The molecule has 0 aliphatic carbocycles. The van der Waals surface area contributed by atoms with Crippen molar-refractivity contribution in [2.45, 2.75) is 13.0 Å². The second-order valence-electron chi connectivity index (χ2n) is 4.02. The minimum atomic E-state index is -0.335. The summed E-state index contributed by atoms with van der Waals surface area (Å²) in [7, 11) is 0. The Balaban J connectivity index is 1.56. The summed E-state index contributed by atoms with van der Waals surface area (Å²) in [6.07, 6.45) is 0.240. The molecular weight excluding hydrogens is 360 g/mol. The Labute approximate surface area is 131 Å². The summed E-state index contributed by atoms with van der Waals surface area (Å²) in [5.74, 6) is 0.575. The molecule has 0 amide bonds. The first kappa shape index (κ1) is 14.0. The number of aromatic nitrogens is 2. The highest BCUT2D eigenvalue weighted by molar-refractivity contribution is 9.10. The van der Waals surface area contributed by atoms with Crippen molar-refractivity contribution in [2.75, 3.05) is 0 Å². The van der Waals surface area contributed by atoms with E-state index in [1.54, 1.807) is 12.1 Å². The molecule has 3 heterocycles. The Bertz CT molecular complexity index is 735. The molecule has 0 atom stereocenters. The largest absolute Gasteiger partial charge is 0.455 e. The van der Waals surface area contributed by atoms with Gasteiger partial charge in [0.25, 0.3) is 11.8 Å². The lowest BCUT2D eigenvalue weighted by atomic mass is 10.3. The molecule has 0 N–H and O–H groups in total. The topological polar surface area (TPSA) is 78.4 Å². The van der Waals surface area contributed by atoms with Crippen LogP contribution in [-0.2, 0) is 22.6 Å². The first-order valence-corrected chi connectivity index (χ1v) is 7.64. The Kier molecular flexibility index (Phi) is 4.16. The minimum Gasteiger partial charge on any atom is -0.455 e. The molecule has 0 saturated heterocycles. The summed E-state index contributed by atoms with van der Waals surface area (Å²) in [5.41, 5.74) is 0. The number of furan rings is 1. The molecule has 0 radical (unpaired) electrons. The van der Waals surface area contributed by atoms with Crippen LogP contribution in [0.3, 0.4) is 0 Å². The highest BCUT2D eigenvalue weighted by atomic mass is 79.9. The van der Waals surface area contributed by atoms with Crippen LogP contribution in [0.4, 0.5) is 0 Å². The standard InChI is InChI=1S/C13H9BrN2O4S/c14-10-4-3-9(19-10)13-16-15-11(20-13)7-18-12(17)6-8-2-1-5-21-8/h1-5H,6-7H2. The molecule has 0 fully saturated rings. The average molecular weight is 369 g/mol. The lowest BCUT2D eigenvalue weighted by Gasteiger charge is -1.99. The number of carbonyl (C=O) groups is 1. The lowest BCUT2D eigenvalue weighted by molar-refractivity contribution is -0.144. The van der Waals surface area contributed by atoms with Crippen LogP contribution >= 0.6 is 27.3 Å². The molecule has 8 heteroatoms. The van der Waals surface area contributed by atoms with Crippen LogP contribution < -0.4 is 0 Å². The van der Waals surface area contributed by atoms with Gasteiger partial charge in [-0.3, -0.25) is 4.79 Å². The van der Waals surface area contributed by atoms with E-state index in [-0.39, 0.29) is 30.8 Å². The number of esters is 1. The molecule has 0 aliphatic rings. The van der Waals surface area contributed by atoms with Crippen molar-refractivity contribution in [3.8, 4) is 11.7 Å². The van der Waals surface area contributed by atoms with E-state index in [2.05, 4.69) is 26.1 Å². The van der Waals surface area contributed by atoms with E-state index >= 15 is 0 Å². The van der Waals surface area contributed by atoms with Gasteiger partial charge in [-0.25, -0.2) is 0 Å². The fraction of sp³-hybridized carbons (Fsp3) is 0.154. The molecule has 0 unspecified atom stereocenters. The summed E-state index contributed by atoms with van der Waals surface area (Å²) in [6, 6.07) is 7.19. The predicted molar refractivity (Wildman–Crippen MR) is 77.5 cm³/mol. The Morgan fingerprint density at radius 2 is 2.19 bits per heavy atom. The molecule has 108 valence electrons. The van der Waals surface area contributed by atoms with Crippen molar-refractivity contribution < 1.29 is 18.4 Å². The molecule has 0 aliphatic heterocycles. The molecule has 21 heavy (non-hydrogen) atoms. The molecule has 3 aromatic rings. The van der Waals surface area contributed by atoms with Crippen molar-refractivity contribution in [1.29, 1.82) is 0 Å². The van der Waals surface area contributed by atoms with Gasteiger partial charge in [-0.15, -0.1) is 21.5 Å². The molecule has 3 rings (SSSR count). The number of carbonyl (C=O) groups excluding carboxylic acids is 1. The van der Waals surface area contributed by atoms with Crippen LogP contribution in [0.1, 0.15) is 10.8 Å². The summed E-state index contributed by atoms with van der Waals surface area (Å²) < 4.78 is 16.3. The van der Waals surface area contributed by atoms with Crippen LogP contribution in [0.5, 0.6) is 0 Å². The normalized spacial score (nSPS) is 10.7. The molecule has 0 spiro atoms. The van der Waals surface area contributed by atoms with Gasteiger partial charge in [0.1, 0.15) is 0 Å². The fourth-order valence-corrected chi connectivity index (χ4v) is 2.59. The van der Waals surface area contributed by atoms with Crippen LogP contribution in [0.15, 0.2) is 43.1 Å². The van der Waals surface area contributed by atoms with Gasteiger partial charge in [-0.2, -0.15) is 0 Å². The number of ether oxygens (including phenoxy) is 1. The highest BCUT2D eigenvalue weighted by Crippen LogP contribution is 2.23. The maximum atomic E-state index is 11.6. The van der Waals surface area contributed by atoms with Crippen molar-refractivity contribution in [3.05, 3.63) is 45.1 Å². The van der Waals surface area contributed by atoms with Crippen molar-refractivity contribution in [2.24, 2.45) is 0 Å². The van der Waals surface area contributed by atoms with Gasteiger partial charge in [0.05, 0.1) is 6.42 Å². The third-order valence-electron chi connectivity index (χ3n) is 2.51. The van der Waals surface area contributed by atoms with Crippen molar-refractivity contribution in [3.63, 3.8) is 0 Å². The van der Waals surface area contributed by atoms with Crippen molar-refractivity contribution >= 4 is 33.2 Å². The van der Waals surface area contributed by atoms with E-state index in [0.29, 0.717) is 10.4 Å². The smallest absolute Gasteiger partial charge is 0.311 e. The van der Waals surface area contributed by atoms with Gasteiger partial charge >= 0.3 is 5.97 Å². The molecule has 0 aromatic carbocycles. The Morgan fingerprint density at radius 1 is 1.29 bits per heavy atom. The van der Waals surface area contributed by atoms with Gasteiger partial charge in [0.2, 0.25) is 0 Å². The molecule has 0 bridgehead atoms. The van der Waals surface area contributed by atoms with Crippen LogP contribution in [0.25, 0.3) is 11.7 Å². The van der Waals surface area contributed by atoms with Gasteiger partial charge in [0.15, 0.2) is 17.0 Å². The molecule has 6 nitrogen and oxygen atoms in total. The number of rotatable bonds is 5.